The monoisotopic (exact) mass is 292 g/mol. The molecule has 1 aromatic rings. The fourth-order valence-electron chi connectivity index (χ4n) is 2.11. The summed E-state index contributed by atoms with van der Waals surface area (Å²) in [5.74, 6) is 1.50. The van der Waals surface area contributed by atoms with Crippen LogP contribution in [0.1, 0.15) is 33.1 Å². The number of nitrogens with one attached hydrogen (secondary N) is 2. The minimum absolute atomic E-state index is 0.00978. The highest BCUT2D eigenvalue weighted by atomic mass is 16.5. The summed E-state index contributed by atoms with van der Waals surface area (Å²) >= 11 is 0. The number of carbonyl (C=O) groups excluding carboxylic acids is 1. The number of carbonyl (C=O) groups is 1. The highest BCUT2D eigenvalue weighted by Crippen LogP contribution is 2.32. The first kappa shape index (κ1) is 15.5. The van der Waals surface area contributed by atoms with Gasteiger partial charge in [-0.3, -0.25) is 4.79 Å². The van der Waals surface area contributed by atoms with Gasteiger partial charge in [0.15, 0.2) is 11.5 Å². The Morgan fingerprint density at radius 1 is 1.29 bits per heavy atom. The van der Waals surface area contributed by atoms with Gasteiger partial charge in [0.25, 0.3) is 0 Å². The molecule has 0 saturated carbocycles. The number of hydrogen-bond donors (Lipinski definition) is 2. The first-order valence-corrected chi connectivity index (χ1v) is 7.64. The molecule has 2 N–H and O–H groups in total. The zero-order valence-electron chi connectivity index (χ0n) is 12.8. The molecule has 0 radical (unpaired) electrons. The summed E-state index contributed by atoms with van der Waals surface area (Å²) in [6, 6.07) is 5.39. The first-order valence-electron chi connectivity index (χ1n) is 7.64. The van der Waals surface area contributed by atoms with Crippen LogP contribution in [-0.4, -0.2) is 31.7 Å². The number of rotatable bonds is 6. The molecule has 1 heterocycles. The molecule has 0 aromatic heterocycles. The maximum Gasteiger partial charge on any atom is 0.242 e. The van der Waals surface area contributed by atoms with E-state index in [-0.39, 0.29) is 11.9 Å². The average molecular weight is 292 g/mol. The van der Waals surface area contributed by atoms with Gasteiger partial charge in [-0.1, -0.05) is 13.3 Å². The largest absolute Gasteiger partial charge is 0.490 e. The fraction of sp³-hybridized carbons (Fsp3) is 0.562. The Kier molecular flexibility index (Phi) is 5.72. The second kappa shape index (κ2) is 7.76. The Balaban J connectivity index is 1.93. The third kappa shape index (κ3) is 4.55. The van der Waals surface area contributed by atoms with E-state index in [1.54, 1.807) is 0 Å². The molecule has 0 bridgehead atoms. The minimum atomic E-state index is -0.286. The molecule has 1 aromatic carbocycles. The number of amides is 1. The van der Waals surface area contributed by atoms with Crippen LogP contribution in [0, 0.1) is 0 Å². The molecule has 0 aliphatic carbocycles. The SMILES string of the molecule is CCCCNC(=O)C(C)Nc1ccc2c(c1)OCCCO2. The lowest BCUT2D eigenvalue weighted by Crippen LogP contribution is -2.37. The second-order valence-corrected chi connectivity index (χ2v) is 5.22. The van der Waals surface area contributed by atoms with Gasteiger partial charge in [0.05, 0.1) is 13.2 Å². The van der Waals surface area contributed by atoms with E-state index in [1.807, 2.05) is 25.1 Å². The van der Waals surface area contributed by atoms with Crippen LogP contribution in [0.3, 0.4) is 0 Å². The normalized spacial score (nSPS) is 15.0. The van der Waals surface area contributed by atoms with Gasteiger partial charge in [-0.05, 0) is 25.5 Å². The lowest BCUT2D eigenvalue weighted by atomic mass is 10.2. The van der Waals surface area contributed by atoms with E-state index in [4.69, 9.17) is 9.47 Å². The molecular formula is C16H24N2O3. The Morgan fingerprint density at radius 2 is 2.05 bits per heavy atom. The van der Waals surface area contributed by atoms with Gasteiger partial charge in [0.2, 0.25) is 5.91 Å². The maximum atomic E-state index is 11.9. The predicted molar refractivity (Wildman–Crippen MR) is 83.1 cm³/mol. The van der Waals surface area contributed by atoms with Gasteiger partial charge in [0.1, 0.15) is 6.04 Å². The van der Waals surface area contributed by atoms with Crippen molar-refractivity contribution in [1.82, 2.24) is 5.32 Å². The van der Waals surface area contributed by atoms with Crippen molar-refractivity contribution in [2.24, 2.45) is 0 Å². The third-order valence-corrected chi connectivity index (χ3v) is 3.35. The molecule has 21 heavy (non-hydrogen) atoms. The lowest BCUT2D eigenvalue weighted by Gasteiger charge is -2.16. The van der Waals surface area contributed by atoms with Crippen molar-refractivity contribution in [2.75, 3.05) is 25.1 Å². The first-order chi connectivity index (χ1) is 10.2. The predicted octanol–water partition coefficient (Wildman–Crippen LogP) is 2.56. The third-order valence-electron chi connectivity index (χ3n) is 3.35. The van der Waals surface area contributed by atoms with Crippen molar-refractivity contribution in [3.8, 4) is 11.5 Å². The standard InChI is InChI=1S/C16H24N2O3/c1-3-4-8-17-16(19)12(2)18-13-6-7-14-15(11-13)21-10-5-9-20-14/h6-7,11-12,18H,3-5,8-10H2,1-2H3,(H,17,19). The molecule has 1 aliphatic heterocycles. The van der Waals surface area contributed by atoms with Gasteiger partial charge in [-0.2, -0.15) is 0 Å². The molecule has 0 saturated heterocycles. The molecule has 2 rings (SSSR count). The van der Waals surface area contributed by atoms with E-state index in [2.05, 4.69) is 17.6 Å². The molecular weight excluding hydrogens is 268 g/mol. The quantitative estimate of drug-likeness (QED) is 0.791. The Hall–Kier alpha value is -1.91. The number of anilines is 1. The van der Waals surface area contributed by atoms with Crippen LogP contribution in [0.5, 0.6) is 11.5 Å². The van der Waals surface area contributed by atoms with Gasteiger partial charge in [0, 0.05) is 24.7 Å². The van der Waals surface area contributed by atoms with Crippen LogP contribution in [0.25, 0.3) is 0 Å². The van der Waals surface area contributed by atoms with Crippen molar-refractivity contribution < 1.29 is 14.3 Å². The highest BCUT2D eigenvalue weighted by molar-refractivity contribution is 5.84. The molecule has 0 fully saturated rings. The summed E-state index contributed by atoms with van der Waals surface area (Å²) < 4.78 is 11.2. The number of ether oxygens (including phenoxy) is 2. The van der Waals surface area contributed by atoms with Crippen molar-refractivity contribution in [3.05, 3.63) is 18.2 Å². The van der Waals surface area contributed by atoms with Crippen LogP contribution in [0.4, 0.5) is 5.69 Å². The van der Waals surface area contributed by atoms with Crippen molar-refractivity contribution in [2.45, 2.75) is 39.2 Å². The lowest BCUT2D eigenvalue weighted by molar-refractivity contribution is -0.121. The Labute approximate surface area is 126 Å². The Morgan fingerprint density at radius 3 is 2.81 bits per heavy atom. The Bertz CT molecular complexity index is 477. The van der Waals surface area contributed by atoms with Crippen molar-refractivity contribution in [3.63, 3.8) is 0 Å². The van der Waals surface area contributed by atoms with Crippen molar-refractivity contribution in [1.29, 1.82) is 0 Å². The summed E-state index contributed by atoms with van der Waals surface area (Å²) in [5, 5.41) is 6.11. The van der Waals surface area contributed by atoms with Gasteiger partial charge in [-0.15, -0.1) is 0 Å². The zero-order valence-corrected chi connectivity index (χ0v) is 12.8. The minimum Gasteiger partial charge on any atom is -0.490 e. The fourth-order valence-corrected chi connectivity index (χ4v) is 2.11. The molecule has 0 spiro atoms. The number of hydrogen-bond acceptors (Lipinski definition) is 4. The van der Waals surface area contributed by atoms with E-state index in [1.165, 1.54) is 0 Å². The molecule has 1 amide bonds. The molecule has 1 unspecified atom stereocenters. The van der Waals surface area contributed by atoms with E-state index < -0.39 is 0 Å². The molecule has 116 valence electrons. The number of fused-ring (bicyclic) bond motifs is 1. The van der Waals surface area contributed by atoms with Crippen molar-refractivity contribution >= 4 is 11.6 Å². The van der Waals surface area contributed by atoms with Crippen LogP contribution >= 0.6 is 0 Å². The van der Waals surface area contributed by atoms with E-state index in [9.17, 15) is 4.79 Å². The molecule has 5 nitrogen and oxygen atoms in total. The van der Waals surface area contributed by atoms with Crippen LogP contribution < -0.4 is 20.1 Å². The van der Waals surface area contributed by atoms with E-state index >= 15 is 0 Å². The van der Waals surface area contributed by atoms with Crippen LogP contribution in [-0.2, 0) is 4.79 Å². The number of unbranched alkanes of at least 4 members (excludes halogenated alkanes) is 1. The second-order valence-electron chi connectivity index (χ2n) is 5.22. The smallest absolute Gasteiger partial charge is 0.242 e. The van der Waals surface area contributed by atoms with Crippen LogP contribution in [0.15, 0.2) is 18.2 Å². The van der Waals surface area contributed by atoms with Gasteiger partial charge in [-0.25, -0.2) is 0 Å². The van der Waals surface area contributed by atoms with Gasteiger partial charge >= 0.3 is 0 Å². The summed E-state index contributed by atoms with van der Waals surface area (Å²) in [4.78, 5) is 11.9. The van der Waals surface area contributed by atoms with Crippen LogP contribution in [0.2, 0.25) is 0 Å². The van der Waals surface area contributed by atoms with E-state index in [0.29, 0.717) is 13.2 Å². The highest BCUT2D eigenvalue weighted by Gasteiger charge is 2.14. The van der Waals surface area contributed by atoms with Gasteiger partial charge < -0.3 is 20.1 Å². The average Bonchev–Trinajstić information content (AvgIpc) is 2.72. The molecule has 5 heteroatoms. The summed E-state index contributed by atoms with van der Waals surface area (Å²) in [6.45, 7) is 6.01. The summed E-state index contributed by atoms with van der Waals surface area (Å²) in [6.07, 6.45) is 2.96. The summed E-state index contributed by atoms with van der Waals surface area (Å²) in [7, 11) is 0. The maximum absolute atomic E-state index is 11.9. The number of benzene rings is 1. The zero-order chi connectivity index (χ0) is 15.1. The summed E-state index contributed by atoms with van der Waals surface area (Å²) in [5.41, 5.74) is 0.859. The topological polar surface area (TPSA) is 59.6 Å². The molecule has 1 atom stereocenters. The molecule has 1 aliphatic rings. The van der Waals surface area contributed by atoms with E-state index in [0.717, 1.165) is 43.0 Å².